The Morgan fingerprint density at radius 1 is 1.10 bits per heavy atom. The molecular weight excluding hydrogens is 402 g/mol. The summed E-state index contributed by atoms with van der Waals surface area (Å²) >= 11 is 1.01. The van der Waals surface area contributed by atoms with Gasteiger partial charge in [0.15, 0.2) is 0 Å². The van der Waals surface area contributed by atoms with Gasteiger partial charge in [0.25, 0.3) is 5.91 Å². The van der Waals surface area contributed by atoms with E-state index in [1.54, 1.807) is 7.11 Å². The van der Waals surface area contributed by atoms with Crippen LogP contribution in [0.15, 0.2) is 53.3 Å². The molecule has 4 N–H and O–H groups in total. The van der Waals surface area contributed by atoms with Crippen molar-refractivity contribution in [2.75, 3.05) is 13.7 Å². The van der Waals surface area contributed by atoms with Gasteiger partial charge >= 0.3 is 4.87 Å². The number of carbonyl (C=O) groups is 1. The van der Waals surface area contributed by atoms with Gasteiger partial charge in [0.1, 0.15) is 11.4 Å². The average Bonchev–Trinajstić information content (AvgIpc) is 3.31. The minimum Gasteiger partial charge on any atom is -0.497 e. The van der Waals surface area contributed by atoms with E-state index in [-0.39, 0.29) is 16.7 Å². The Hall–Kier alpha value is -3.52. The molecule has 2 aromatic carbocycles. The third-order valence-corrected chi connectivity index (χ3v) is 5.73. The van der Waals surface area contributed by atoms with E-state index >= 15 is 0 Å². The number of aromatic hydroxyl groups is 1. The van der Waals surface area contributed by atoms with E-state index in [0.29, 0.717) is 30.0 Å². The molecule has 0 radical (unpaired) electrons. The molecule has 0 saturated heterocycles. The minimum absolute atomic E-state index is 0.0628. The summed E-state index contributed by atoms with van der Waals surface area (Å²) in [4.78, 5) is 29.6. The zero-order valence-corrected chi connectivity index (χ0v) is 17.1. The van der Waals surface area contributed by atoms with Gasteiger partial charge in [-0.05, 0) is 41.8 Å². The highest BCUT2D eigenvalue weighted by Crippen LogP contribution is 2.22. The monoisotopic (exact) mass is 423 g/mol. The average molecular weight is 423 g/mol. The van der Waals surface area contributed by atoms with Crippen LogP contribution < -0.4 is 14.9 Å². The molecule has 0 bridgehead atoms. The number of methoxy groups -OCH3 is 1. The Labute approximate surface area is 176 Å². The predicted molar refractivity (Wildman–Crippen MR) is 117 cm³/mol. The first kappa shape index (κ1) is 19.8. The van der Waals surface area contributed by atoms with E-state index in [4.69, 9.17) is 4.74 Å². The van der Waals surface area contributed by atoms with E-state index in [0.717, 1.165) is 39.1 Å². The number of aromatic amines is 2. The van der Waals surface area contributed by atoms with Gasteiger partial charge in [-0.1, -0.05) is 35.6 Å². The fourth-order valence-corrected chi connectivity index (χ4v) is 4.01. The summed E-state index contributed by atoms with van der Waals surface area (Å²) in [6.07, 6.45) is 1.19. The molecule has 4 rings (SSSR count). The standard InChI is InChI=1S/C22H21N3O4S/c1-29-16-6-7-17-15(11-16)12-18(24-17)20(26)23-9-8-13-2-4-14(5-3-13)10-19-21(27)25-22(28)30-19/h2-7,11-12,24,27H,8-10H2,1H3,(H,23,26)(H,25,28). The van der Waals surface area contributed by atoms with Crippen LogP contribution in [0, 0.1) is 0 Å². The number of H-pyrrole nitrogens is 2. The van der Waals surface area contributed by atoms with E-state index < -0.39 is 0 Å². The molecule has 7 nitrogen and oxygen atoms in total. The van der Waals surface area contributed by atoms with Gasteiger partial charge in [0.05, 0.1) is 12.0 Å². The molecule has 0 aliphatic carbocycles. The van der Waals surface area contributed by atoms with Crippen molar-refractivity contribution in [2.24, 2.45) is 0 Å². The van der Waals surface area contributed by atoms with Crippen molar-refractivity contribution in [2.45, 2.75) is 12.8 Å². The van der Waals surface area contributed by atoms with Crippen molar-refractivity contribution >= 4 is 28.1 Å². The number of hydrogen-bond donors (Lipinski definition) is 4. The van der Waals surface area contributed by atoms with Crippen molar-refractivity contribution in [1.82, 2.24) is 15.3 Å². The maximum absolute atomic E-state index is 12.4. The number of fused-ring (bicyclic) bond motifs is 1. The molecule has 154 valence electrons. The number of nitrogens with one attached hydrogen (secondary N) is 3. The number of hydrogen-bond acceptors (Lipinski definition) is 5. The smallest absolute Gasteiger partial charge is 0.307 e. The lowest BCUT2D eigenvalue weighted by atomic mass is 10.1. The molecule has 0 aliphatic heterocycles. The van der Waals surface area contributed by atoms with Crippen molar-refractivity contribution in [3.8, 4) is 11.6 Å². The summed E-state index contributed by atoms with van der Waals surface area (Å²) in [5, 5.41) is 13.5. The molecule has 0 fully saturated rings. The number of carbonyl (C=O) groups excluding carboxylic acids is 1. The molecule has 0 aliphatic rings. The van der Waals surface area contributed by atoms with E-state index in [9.17, 15) is 14.7 Å². The van der Waals surface area contributed by atoms with Crippen LogP contribution in [-0.2, 0) is 12.8 Å². The molecule has 30 heavy (non-hydrogen) atoms. The fraction of sp³-hybridized carbons (Fsp3) is 0.182. The largest absolute Gasteiger partial charge is 0.497 e. The predicted octanol–water partition coefficient (Wildman–Crippen LogP) is 3.20. The quantitative estimate of drug-likeness (QED) is 0.366. The maximum Gasteiger partial charge on any atom is 0.307 e. The number of rotatable bonds is 7. The highest BCUT2D eigenvalue weighted by molar-refractivity contribution is 7.09. The highest BCUT2D eigenvalue weighted by Gasteiger charge is 2.10. The van der Waals surface area contributed by atoms with Gasteiger partial charge in [0.2, 0.25) is 5.88 Å². The van der Waals surface area contributed by atoms with Crippen LogP contribution in [0.3, 0.4) is 0 Å². The Morgan fingerprint density at radius 2 is 1.87 bits per heavy atom. The number of ether oxygens (including phenoxy) is 1. The second kappa shape index (κ2) is 8.46. The van der Waals surface area contributed by atoms with Crippen molar-refractivity contribution in [3.05, 3.63) is 79.9 Å². The van der Waals surface area contributed by atoms with Crippen LogP contribution in [0.5, 0.6) is 11.6 Å². The molecule has 0 atom stereocenters. The van der Waals surface area contributed by atoms with Crippen LogP contribution in [0.4, 0.5) is 0 Å². The fourth-order valence-electron chi connectivity index (χ4n) is 3.26. The SMILES string of the molecule is COc1ccc2[nH]c(C(=O)NCCc3ccc(Cc4sc(=O)[nH]c4O)cc3)cc2c1. The normalized spacial score (nSPS) is 11.0. The summed E-state index contributed by atoms with van der Waals surface area (Å²) in [6.45, 7) is 0.511. The summed E-state index contributed by atoms with van der Waals surface area (Å²) in [6, 6.07) is 15.3. The van der Waals surface area contributed by atoms with Crippen LogP contribution in [0.1, 0.15) is 26.5 Å². The summed E-state index contributed by atoms with van der Waals surface area (Å²) < 4.78 is 5.21. The van der Waals surface area contributed by atoms with E-state index in [2.05, 4.69) is 15.3 Å². The molecule has 2 aromatic heterocycles. The third kappa shape index (κ3) is 4.38. The molecular formula is C22H21N3O4S. The molecule has 0 unspecified atom stereocenters. The molecule has 1 amide bonds. The molecule has 0 spiro atoms. The Bertz CT molecular complexity index is 1240. The van der Waals surface area contributed by atoms with E-state index in [1.165, 1.54) is 0 Å². The number of aromatic nitrogens is 2. The van der Waals surface area contributed by atoms with Crippen LogP contribution in [0.25, 0.3) is 10.9 Å². The lowest BCUT2D eigenvalue weighted by Crippen LogP contribution is -2.25. The minimum atomic E-state index is -0.260. The lowest BCUT2D eigenvalue weighted by Gasteiger charge is -2.05. The first-order valence-electron chi connectivity index (χ1n) is 9.45. The van der Waals surface area contributed by atoms with Crippen LogP contribution in [0.2, 0.25) is 0 Å². The Morgan fingerprint density at radius 3 is 2.57 bits per heavy atom. The Kier molecular flexibility index (Phi) is 5.58. The molecule has 2 heterocycles. The second-order valence-corrected chi connectivity index (χ2v) is 7.99. The second-order valence-electron chi connectivity index (χ2n) is 6.92. The van der Waals surface area contributed by atoms with Gasteiger partial charge in [-0.3, -0.25) is 14.6 Å². The number of benzene rings is 2. The topological polar surface area (TPSA) is 107 Å². The van der Waals surface area contributed by atoms with Gasteiger partial charge in [0, 0.05) is 23.9 Å². The first-order valence-corrected chi connectivity index (χ1v) is 10.3. The summed E-state index contributed by atoms with van der Waals surface area (Å²) in [5.74, 6) is 0.532. The zero-order valence-electron chi connectivity index (χ0n) is 16.3. The van der Waals surface area contributed by atoms with Gasteiger partial charge in [-0.2, -0.15) is 0 Å². The first-order chi connectivity index (χ1) is 14.5. The Balaban J connectivity index is 1.32. The summed E-state index contributed by atoms with van der Waals surface area (Å²) in [7, 11) is 1.61. The van der Waals surface area contributed by atoms with Crippen LogP contribution >= 0.6 is 11.3 Å². The highest BCUT2D eigenvalue weighted by atomic mass is 32.1. The van der Waals surface area contributed by atoms with Crippen molar-refractivity contribution in [1.29, 1.82) is 0 Å². The summed E-state index contributed by atoms with van der Waals surface area (Å²) in [5.41, 5.74) is 3.49. The van der Waals surface area contributed by atoms with Crippen LogP contribution in [-0.4, -0.2) is 34.6 Å². The number of amides is 1. The third-order valence-electron chi connectivity index (χ3n) is 4.86. The van der Waals surface area contributed by atoms with E-state index in [1.807, 2.05) is 48.5 Å². The van der Waals surface area contributed by atoms with Crippen molar-refractivity contribution in [3.63, 3.8) is 0 Å². The molecule has 8 heteroatoms. The molecule has 4 aromatic rings. The zero-order chi connectivity index (χ0) is 21.1. The van der Waals surface area contributed by atoms with Crippen molar-refractivity contribution < 1.29 is 14.6 Å². The maximum atomic E-state index is 12.4. The van der Waals surface area contributed by atoms with Gasteiger partial charge < -0.3 is 20.1 Å². The number of thiazole rings is 1. The lowest BCUT2D eigenvalue weighted by molar-refractivity contribution is 0.0950. The molecule has 0 saturated carbocycles. The van der Waals surface area contributed by atoms with Gasteiger partial charge in [-0.25, -0.2) is 0 Å². The van der Waals surface area contributed by atoms with Gasteiger partial charge in [-0.15, -0.1) is 0 Å².